The molecule has 30 heavy (non-hydrogen) atoms. The Balaban J connectivity index is 1.28. The van der Waals surface area contributed by atoms with Crippen molar-refractivity contribution in [2.45, 2.75) is 38.2 Å². The maximum atomic E-state index is 12.9. The second-order valence-corrected chi connectivity index (χ2v) is 8.81. The Morgan fingerprint density at radius 1 is 1.13 bits per heavy atom. The molecule has 5 heteroatoms. The normalized spacial score (nSPS) is 19.6. The summed E-state index contributed by atoms with van der Waals surface area (Å²) in [6.45, 7) is 3.32. The minimum atomic E-state index is -0.0558. The lowest BCUT2D eigenvalue weighted by Crippen LogP contribution is -2.35. The molecule has 1 aliphatic rings. The number of aromatic nitrogens is 1. The molecule has 3 atom stereocenters. The number of rotatable bonds is 8. The largest absolute Gasteiger partial charge is 0.374 e. The number of carbonyl (C=O) groups excluding carboxylic acids is 1. The van der Waals surface area contributed by atoms with Gasteiger partial charge in [0.25, 0.3) is 0 Å². The average Bonchev–Trinajstić information content (AvgIpc) is 3.23. The summed E-state index contributed by atoms with van der Waals surface area (Å²) >= 11 is 1.71. The van der Waals surface area contributed by atoms with E-state index in [9.17, 15) is 4.79 Å². The number of para-hydroxylation sites is 1. The van der Waals surface area contributed by atoms with Gasteiger partial charge in [-0.2, -0.15) is 0 Å². The number of amides is 1. The van der Waals surface area contributed by atoms with E-state index in [0.717, 1.165) is 29.8 Å². The number of nitrogens with zero attached hydrogens (tertiary/aromatic N) is 1. The first kappa shape index (κ1) is 20.8. The summed E-state index contributed by atoms with van der Waals surface area (Å²) in [5.41, 5.74) is 2.20. The first-order valence-electron chi connectivity index (χ1n) is 10.7. The number of allylic oxidation sites excluding steroid dienone is 2. The van der Waals surface area contributed by atoms with Gasteiger partial charge in [0.15, 0.2) is 0 Å². The van der Waals surface area contributed by atoms with Gasteiger partial charge < -0.3 is 10.1 Å². The van der Waals surface area contributed by atoms with Gasteiger partial charge in [0.05, 0.1) is 27.2 Å². The zero-order chi connectivity index (χ0) is 20.8. The Labute approximate surface area is 182 Å². The quantitative estimate of drug-likeness (QED) is 0.379. The summed E-state index contributed by atoms with van der Waals surface area (Å²) < 4.78 is 7.09. The summed E-state index contributed by atoms with van der Waals surface area (Å²) in [6, 6.07) is 18.4. The third-order valence-electron chi connectivity index (χ3n) is 5.65. The average molecular weight is 421 g/mol. The predicted octanol–water partition coefficient (Wildman–Crippen LogP) is 5.63. The number of nitrogens with one attached hydrogen (secondary N) is 1. The maximum Gasteiger partial charge on any atom is 0.224 e. The molecule has 0 saturated heterocycles. The Morgan fingerprint density at radius 2 is 1.90 bits per heavy atom. The van der Waals surface area contributed by atoms with Gasteiger partial charge in [0.1, 0.15) is 0 Å². The molecule has 1 aromatic heterocycles. The number of hydrogen-bond donors (Lipinski definition) is 1. The highest BCUT2D eigenvalue weighted by Crippen LogP contribution is 2.38. The molecule has 0 spiro atoms. The molecule has 1 aliphatic carbocycles. The molecule has 0 unspecified atom stereocenters. The summed E-state index contributed by atoms with van der Waals surface area (Å²) in [7, 11) is 0. The van der Waals surface area contributed by atoms with Gasteiger partial charge in [-0.1, -0.05) is 54.6 Å². The monoisotopic (exact) mass is 420 g/mol. The number of benzene rings is 2. The van der Waals surface area contributed by atoms with Crippen molar-refractivity contribution in [1.82, 2.24) is 10.3 Å². The lowest BCUT2D eigenvalue weighted by atomic mass is 9.82. The van der Waals surface area contributed by atoms with Crippen LogP contribution in [-0.2, 0) is 9.53 Å². The van der Waals surface area contributed by atoms with Gasteiger partial charge >= 0.3 is 0 Å². The molecular formula is C25H28N2O2S. The lowest BCUT2D eigenvalue weighted by Gasteiger charge is -2.26. The summed E-state index contributed by atoms with van der Waals surface area (Å²) in [5.74, 6) is 0.223. The smallest absolute Gasteiger partial charge is 0.224 e. The number of fused-ring (bicyclic) bond motifs is 1. The molecule has 4 nitrogen and oxygen atoms in total. The Hall–Kier alpha value is -2.50. The topological polar surface area (TPSA) is 51.2 Å². The maximum absolute atomic E-state index is 12.9. The number of ether oxygens (including phenoxy) is 1. The third kappa shape index (κ3) is 4.97. The molecular weight excluding hydrogens is 392 g/mol. The lowest BCUT2D eigenvalue weighted by molar-refractivity contribution is -0.125. The molecule has 1 N–H and O–H groups in total. The summed E-state index contributed by atoms with van der Waals surface area (Å²) in [4.78, 5) is 17.7. The van der Waals surface area contributed by atoms with Crippen LogP contribution >= 0.6 is 11.3 Å². The second kappa shape index (κ2) is 10.0. The fourth-order valence-corrected chi connectivity index (χ4v) is 5.07. The van der Waals surface area contributed by atoms with Crippen LogP contribution in [-0.4, -0.2) is 24.0 Å². The van der Waals surface area contributed by atoms with Crippen LogP contribution in [0.4, 0.5) is 0 Å². The van der Waals surface area contributed by atoms with Crippen molar-refractivity contribution in [2.24, 2.45) is 5.92 Å². The van der Waals surface area contributed by atoms with E-state index in [1.54, 1.807) is 11.3 Å². The number of thiazole rings is 1. The molecule has 4 rings (SSSR count). The Bertz CT molecular complexity index is 966. The summed E-state index contributed by atoms with van der Waals surface area (Å²) in [5, 5.41) is 4.19. The van der Waals surface area contributed by atoms with Crippen LogP contribution in [0.2, 0.25) is 0 Å². The number of hydrogen-bond acceptors (Lipinski definition) is 4. The van der Waals surface area contributed by atoms with Crippen molar-refractivity contribution in [3.63, 3.8) is 0 Å². The highest BCUT2D eigenvalue weighted by atomic mass is 32.1. The van der Waals surface area contributed by atoms with E-state index in [2.05, 4.69) is 42.6 Å². The van der Waals surface area contributed by atoms with E-state index in [4.69, 9.17) is 9.72 Å². The third-order valence-corrected chi connectivity index (χ3v) is 6.82. The molecule has 0 bridgehead atoms. The SMILES string of the molecule is C[C@H](OCCCNC(=O)[C@@H]1CC=CC[C@@H]1c1nc2ccccc2s1)c1ccccc1. The molecule has 156 valence electrons. The van der Waals surface area contributed by atoms with Crippen molar-refractivity contribution in [1.29, 1.82) is 0 Å². The van der Waals surface area contributed by atoms with Crippen LogP contribution in [0.25, 0.3) is 10.2 Å². The van der Waals surface area contributed by atoms with E-state index in [1.807, 2.05) is 36.4 Å². The zero-order valence-corrected chi connectivity index (χ0v) is 18.1. The molecule has 0 aliphatic heterocycles. The standard InChI is InChI=1S/C25H28N2O2S/c1-18(19-10-3-2-4-11-19)29-17-9-16-26-24(28)20-12-5-6-13-21(20)25-27-22-14-7-8-15-23(22)30-25/h2-8,10-11,14-15,18,20-21H,9,12-13,16-17H2,1H3,(H,26,28)/t18-,20+,21-/m0/s1. The van der Waals surface area contributed by atoms with Gasteiger partial charge in [0.2, 0.25) is 5.91 Å². The molecule has 0 saturated carbocycles. The van der Waals surface area contributed by atoms with Crippen molar-refractivity contribution in [3.05, 3.63) is 77.3 Å². The fourth-order valence-electron chi connectivity index (χ4n) is 3.92. The van der Waals surface area contributed by atoms with E-state index < -0.39 is 0 Å². The van der Waals surface area contributed by atoms with Crippen molar-refractivity contribution < 1.29 is 9.53 Å². The van der Waals surface area contributed by atoms with Crippen molar-refractivity contribution in [3.8, 4) is 0 Å². The fraction of sp³-hybridized carbons (Fsp3) is 0.360. The van der Waals surface area contributed by atoms with Crippen LogP contribution < -0.4 is 5.32 Å². The summed E-state index contributed by atoms with van der Waals surface area (Å²) in [6.07, 6.45) is 6.81. The van der Waals surface area contributed by atoms with Crippen molar-refractivity contribution in [2.75, 3.05) is 13.2 Å². The molecule has 0 fully saturated rings. The molecule has 2 aromatic carbocycles. The van der Waals surface area contributed by atoms with Gasteiger partial charge in [-0.15, -0.1) is 11.3 Å². The minimum absolute atomic E-state index is 0.0558. The molecule has 0 radical (unpaired) electrons. The van der Waals surface area contributed by atoms with Crippen LogP contribution in [0.15, 0.2) is 66.7 Å². The highest BCUT2D eigenvalue weighted by Gasteiger charge is 2.32. The van der Waals surface area contributed by atoms with Gasteiger partial charge in [-0.3, -0.25) is 4.79 Å². The van der Waals surface area contributed by atoms with Gasteiger partial charge in [-0.05, 0) is 43.9 Å². The van der Waals surface area contributed by atoms with Crippen LogP contribution in [0.3, 0.4) is 0 Å². The molecule has 1 amide bonds. The van der Waals surface area contributed by atoms with Crippen LogP contribution in [0, 0.1) is 5.92 Å². The Morgan fingerprint density at radius 3 is 2.73 bits per heavy atom. The van der Waals surface area contributed by atoms with E-state index >= 15 is 0 Å². The predicted molar refractivity (Wildman–Crippen MR) is 123 cm³/mol. The Kier molecular flexibility index (Phi) is 6.92. The number of carbonyl (C=O) groups is 1. The van der Waals surface area contributed by atoms with E-state index in [1.165, 1.54) is 10.3 Å². The minimum Gasteiger partial charge on any atom is -0.374 e. The van der Waals surface area contributed by atoms with E-state index in [-0.39, 0.29) is 23.8 Å². The van der Waals surface area contributed by atoms with Crippen molar-refractivity contribution >= 4 is 27.5 Å². The highest BCUT2D eigenvalue weighted by molar-refractivity contribution is 7.18. The molecule has 1 heterocycles. The van der Waals surface area contributed by atoms with Crippen LogP contribution in [0.1, 0.15) is 48.8 Å². The first-order valence-corrected chi connectivity index (χ1v) is 11.5. The zero-order valence-electron chi connectivity index (χ0n) is 17.3. The van der Waals surface area contributed by atoms with Gasteiger partial charge in [-0.25, -0.2) is 4.98 Å². The van der Waals surface area contributed by atoms with Gasteiger partial charge in [0, 0.05) is 19.1 Å². The molecule has 3 aromatic rings. The van der Waals surface area contributed by atoms with E-state index in [0.29, 0.717) is 13.2 Å². The van der Waals surface area contributed by atoms with Crippen LogP contribution in [0.5, 0.6) is 0 Å². The second-order valence-electron chi connectivity index (χ2n) is 7.74. The first-order chi connectivity index (χ1) is 14.7.